The van der Waals surface area contributed by atoms with Crippen molar-refractivity contribution in [2.45, 2.75) is 32.4 Å². The molecule has 2 heterocycles. The van der Waals surface area contributed by atoms with Crippen LogP contribution in [0.1, 0.15) is 20.8 Å². The number of sulfonamides is 1. The van der Waals surface area contributed by atoms with Crippen molar-refractivity contribution in [2.24, 2.45) is 5.41 Å². The van der Waals surface area contributed by atoms with E-state index in [-0.39, 0.29) is 23.3 Å². The van der Waals surface area contributed by atoms with Gasteiger partial charge in [-0.1, -0.05) is 18.2 Å². The molecule has 0 bridgehead atoms. The Balaban J connectivity index is 1.77. The van der Waals surface area contributed by atoms with Crippen LogP contribution in [0.4, 0.5) is 5.69 Å². The van der Waals surface area contributed by atoms with Gasteiger partial charge in [0.25, 0.3) is 10.0 Å². The van der Waals surface area contributed by atoms with Crippen molar-refractivity contribution >= 4 is 32.6 Å². The van der Waals surface area contributed by atoms with E-state index < -0.39 is 15.4 Å². The Morgan fingerprint density at radius 3 is 2.70 bits per heavy atom. The summed E-state index contributed by atoms with van der Waals surface area (Å²) in [5.74, 6) is -0.373. The average molecular weight is 388 g/mol. The van der Waals surface area contributed by atoms with E-state index in [1.165, 1.54) is 23.1 Å². The van der Waals surface area contributed by atoms with E-state index in [1.807, 2.05) is 0 Å². The molecule has 0 amide bonds. The summed E-state index contributed by atoms with van der Waals surface area (Å²) < 4.78 is 34.5. The summed E-state index contributed by atoms with van der Waals surface area (Å²) in [5.41, 5.74) is 0.0209. The maximum absolute atomic E-state index is 12.7. The highest BCUT2D eigenvalue weighted by Gasteiger charge is 2.23. The van der Waals surface area contributed by atoms with Gasteiger partial charge in [-0.05, 0) is 32.9 Å². The summed E-state index contributed by atoms with van der Waals surface area (Å²) in [5, 5.41) is 4.73. The van der Waals surface area contributed by atoms with Gasteiger partial charge in [-0.15, -0.1) is 0 Å². The van der Waals surface area contributed by atoms with Crippen LogP contribution in [0, 0.1) is 5.41 Å². The highest BCUT2D eigenvalue weighted by atomic mass is 32.2. The Morgan fingerprint density at radius 1 is 1.22 bits per heavy atom. The number of esters is 1. The largest absolute Gasteiger partial charge is 0.442 e. The van der Waals surface area contributed by atoms with Crippen LogP contribution in [-0.4, -0.2) is 29.2 Å². The zero-order valence-corrected chi connectivity index (χ0v) is 16.0. The van der Waals surface area contributed by atoms with Gasteiger partial charge in [-0.3, -0.25) is 14.5 Å². The van der Waals surface area contributed by atoms with E-state index in [4.69, 9.17) is 4.74 Å². The van der Waals surface area contributed by atoms with Crippen LogP contribution in [0.5, 0.6) is 0 Å². The smallest absolute Gasteiger partial charge is 0.313 e. The predicted octanol–water partition coefficient (Wildman–Crippen LogP) is 2.78. The van der Waals surface area contributed by atoms with Gasteiger partial charge in [0.05, 0.1) is 29.0 Å². The Hall–Kier alpha value is -2.94. The number of nitrogens with one attached hydrogen (secondary N) is 1. The third-order valence-corrected chi connectivity index (χ3v) is 5.12. The molecule has 0 aliphatic heterocycles. The molecule has 0 aliphatic carbocycles. The summed E-state index contributed by atoms with van der Waals surface area (Å²) in [4.78, 5) is 16.0. The van der Waals surface area contributed by atoms with E-state index in [1.54, 1.807) is 51.2 Å². The molecule has 0 aliphatic rings. The molecule has 142 valence electrons. The lowest BCUT2D eigenvalue weighted by atomic mass is 9.98. The van der Waals surface area contributed by atoms with Crippen LogP contribution in [0.2, 0.25) is 0 Å². The number of carbonyl (C=O) groups is 1. The SMILES string of the molecule is CC(C)(C)C(=O)OCn1cc(NS(=O)(=O)c2cccc3cccnc23)cn1. The van der Waals surface area contributed by atoms with Gasteiger partial charge >= 0.3 is 5.97 Å². The number of carbonyl (C=O) groups excluding carboxylic acids is 1. The van der Waals surface area contributed by atoms with Crippen molar-refractivity contribution in [1.29, 1.82) is 0 Å². The minimum absolute atomic E-state index is 0.0764. The molecule has 8 nitrogen and oxygen atoms in total. The third-order valence-electron chi connectivity index (χ3n) is 3.71. The minimum atomic E-state index is -3.85. The molecule has 3 rings (SSSR count). The van der Waals surface area contributed by atoms with Gasteiger partial charge in [-0.2, -0.15) is 5.10 Å². The van der Waals surface area contributed by atoms with Crippen LogP contribution < -0.4 is 4.72 Å². The topological polar surface area (TPSA) is 103 Å². The molecule has 9 heteroatoms. The second kappa shape index (κ2) is 6.99. The number of aromatic nitrogens is 3. The minimum Gasteiger partial charge on any atom is -0.442 e. The lowest BCUT2D eigenvalue weighted by Gasteiger charge is -2.16. The summed E-state index contributed by atoms with van der Waals surface area (Å²) in [6.45, 7) is 5.14. The monoisotopic (exact) mass is 388 g/mol. The molecule has 0 saturated carbocycles. The molecule has 2 aromatic heterocycles. The lowest BCUT2D eigenvalue weighted by Crippen LogP contribution is -2.24. The molecule has 0 radical (unpaired) electrons. The van der Waals surface area contributed by atoms with Gasteiger partial charge in [0, 0.05) is 11.6 Å². The number of hydrogen-bond acceptors (Lipinski definition) is 6. The molecule has 0 unspecified atom stereocenters. The van der Waals surface area contributed by atoms with E-state index in [0.29, 0.717) is 5.52 Å². The molecule has 27 heavy (non-hydrogen) atoms. The maximum atomic E-state index is 12.7. The van der Waals surface area contributed by atoms with Crippen molar-refractivity contribution in [3.8, 4) is 0 Å². The average Bonchev–Trinajstić information content (AvgIpc) is 3.04. The van der Waals surface area contributed by atoms with Gasteiger partial charge in [0.15, 0.2) is 6.73 Å². The van der Waals surface area contributed by atoms with Crippen LogP contribution in [0.25, 0.3) is 10.9 Å². The van der Waals surface area contributed by atoms with Crippen molar-refractivity contribution < 1.29 is 17.9 Å². The van der Waals surface area contributed by atoms with E-state index in [9.17, 15) is 13.2 Å². The Bertz CT molecular complexity index is 1080. The standard InChI is InChI=1S/C18H20N4O4S/c1-18(2,3)17(23)26-12-22-11-14(10-20-22)21-27(24,25)15-8-4-6-13-7-5-9-19-16(13)15/h4-11,21H,12H2,1-3H3. The van der Waals surface area contributed by atoms with Crippen molar-refractivity contribution in [3.63, 3.8) is 0 Å². The zero-order chi connectivity index (χ0) is 19.7. The van der Waals surface area contributed by atoms with Gasteiger partial charge < -0.3 is 4.74 Å². The van der Waals surface area contributed by atoms with Crippen molar-refractivity contribution in [1.82, 2.24) is 14.8 Å². The van der Waals surface area contributed by atoms with Crippen LogP contribution >= 0.6 is 0 Å². The Morgan fingerprint density at radius 2 is 1.96 bits per heavy atom. The van der Waals surface area contributed by atoms with E-state index in [0.717, 1.165) is 5.39 Å². The van der Waals surface area contributed by atoms with Crippen LogP contribution in [-0.2, 0) is 26.3 Å². The first-order valence-corrected chi connectivity index (χ1v) is 9.71. The van der Waals surface area contributed by atoms with Gasteiger partial charge in [-0.25, -0.2) is 13.1 Å². The van der Waals surface area contributed by atoms with E-state index in [2.05, 4.69) is 14.8 Å². The number of ether oxygens (including phenoxy) is 1. The Labute approximate surface area is 157 Å². The normalized spacial score (nSPS) is 12.1. The van der Waals surface area contributed by atoms with Crippen LogP contribution in [0.3, 0.4) is 0 Å². The Kier molecular flexibility index (Phi) is 4.88. The van der Waals surface area contributed by atoms with Crippen LogP contribution in [0.15, 0.2) is 53.8 Å². The molecule has 0 spiro atoms. The van der Waals surface area contributed by atoms with Crippen molar-refractivity contribution in [2.75, 3.05) is 4.72 Å². The quantitative estimate of drug-likeness (QED) is 0.674. The molecule has 1 N–H and O–H groups in total. The molecule has 1 aromatic carbocycles. The number of fused-ring (bicyclic) bond motifs is 1. The number of hydrogen-bond donors (Lipinski definition) is 1. The molecule has 3 aromatic rings. The number of anilines is 1. The van der Waals surface area contributed by atoms with E-state index >= 15 is 0 Å². The number of nitrogens with zero attached hydrogens (tertiary/aromatic N) is 3. The maximum Gasteiger partial charge on any atom is 0.313 e. The molecular weight excluding hydrogens is 368 g/mol. The zero-order valence-electron chi connectivity index (χ0n) is 15.2. The number of rotatable bonds is 5. The second-order valence-electron chi connectivity index (χ2n) is 7.02. The molecule has 0 saturated heterocycles. The molecular formula is C18H20N4O4S. The number of benzene rings is 1. The first-order valence-electron chi connectivity index (χ1n) is 8.23. The predicted molar refractivity (Wildman–Crippen MR) is 100 cm³/mol. The fraction of sp³-hybridized carbons (Fsp3) is 0.278. The third kappa shape index (κ3) is 4.25. The highest BCUT2D eigenvalue weighted by molar-refractivity contribution is 7.93. The number of pyridine rings is 1. The first kappa shape index (κ1) is 18.8. The summed E-state index contributed by atoms with van der Waals surface area (Å²) in [6, 6.07) is 8.49. The molecule has 0 fully saturated rings. The fourth-order valence-electron chi connectivity index (χ4n) is 2.33. The summed E-state index contributed by atoms with van der Waals surface area (Å²) >= 11 is 0. The summed E-state index contributed by atoms with van der Waals surface area (Å²) in [7, 11) is -3.85. The number of para-hydroxylation sites is 1. The first-order chi connectivity index (χ1) is 12.7. The highest BCUT2D eigenvalue weighted by Crippen LogP contribution is 2.23. The summed E-state index contributed by atoms with van der Waals surface area (Å²) in [6.07, 6.45) is 4.34. The lowest BCUT2D eigenvalue weighted by molar-refractivity contribution is -0.157. The van der Waals surface area contributed by atoms with Gasteiger partial charge in [0.2, 0.25) is 0 Å². The van der Waals surface area contributed by atoms with Gasteiger partial charge in [0.1, 0.15) is 4.90 Å². The molecule has 0 atom stereocenters. The second-order valence-corrected chi connectivity index (χ2v) is 8.67. The van der Waals surface area contributed by atoms with Crippen molar-refractivity contribution in [3.05, 3.63) is 48.9 Å². The fourth-order valence-corrected chi connectivity index (χ4v) is 3.54.